The Bertz CT molecular complexity index is 1840. The zero-order valence-corrected chi connectivity index (χ0v) is 38.4. The Morgan fingerprint density at radius 3 is 1.73 bits per heavy atom. The van der Waals surface area contributed by atoms with Gasteiger partial charge in [0.1, 0.15) is 48.3 Å². The first-order valence-electron chi connectivity index (χ1n) is 23.5. The van der Waals surface area contributed by atoms with E-state index in [4.69, 9.17) is 11.5 Å². The Morgan fingerprint density at radius 2 is 1.17 bits per heavy atom. The first-order chi connectivity index (χ1) is 31.4. The summed E-state index contributed by atoms with van der Waals surface area (Å²) in [5.74, 6) is -5.77. The normalized spacial score (nSPS) is 24.7. The molecule has 11 N–H and O–H groups in total. The summed E-state index contributed by atoms with van der Waals surface area (Å²) in [7, 11) is 0. The van der Waals surface area contributed by atoms with Crippen LogP contribution < -0.4 is 38.1 Å². The molecule has 368 valence electrons. The van der Waals surface area contributed by atoms with Gasteiger partial charge in [-0.05, 0) is 103 Å². The zero-order chi connectivity index (χ0) is 48.2. The van der Waals surface area contributed by atoms with E-state index in [0.29, 0.717) is 71.0 Å². The van der Waals surface area contributed by atoms with E-state index in [1.165, 1.54) is 26.5 Å². The highest BCUT2D eigenvalue weighted by Crippen LogP contribution is 2.29. The highest BCUT2D eigenvalue weighted by molar-refractivity contribution is 5.98. The van der Waals surface area contributed by atoms with E-state index < -0.39 is 114 Å². The van der Waals surface area contributed by atoms with Gasteiger partial charge in [-0.15, -0.1) is 0 Å². The Balaban J connectivity index is 1.23. The number of nitrogens with zero attached hydrogens (tertiary/aromatic N) is 5. The summed E-state index contributed by atoms with van der Waals surface area (Å²) in [6, 6.07) is -8.95. The molecular weight excluding hydrogens is 861 g/mol. The zero-order valence-electron chi connectivity index (χ0n) is 38.4. The van der Waals surface area contributed by atoms with Gasteiger partial charge in [-0.2, -0.15) is 0 Å². The van der Waals surface area contributed by atoms with E-state index in [1.54, 1.807) is 0 Å². The topological polar surface area (TPSA) is 332 Å². The molecule has 66 heavy (non-hydrogen) atoms. The molecule has 0 aromatic heterocycles. The fourth-order valence-corrected chi connectivity index (χ4v) is 9.75. The number of guanidine groups is 1. The van der Waals surface area contributed by atoms with Crippen LogP contribution in [0.2, 0.25) is 0 Å². The molecule has 0 unspecified atom stereocenters. The second kappa shape index (κ2) is 23.7. The summed E-state index contributed by atoms with van der Waals surface area (Å²) < 4.78 is 0. The van der Waals surface area contributed by atoms with Gasteiger partial charge in [0.2, 0.25) is 47.3 Å². The number of aliphatic hydroxyl groups excluding tert-OH is 1. The third kappa shape index (κ3) is 12.9. The molecule has 0 saturated carbocycles. The quantitative estimate of drug-likeness (QED) is 0.0331. The van der Waals surface area contributed by atoms with E-state index >= 15 is 0 Å². The molecule has 0 radical (unpaired) electrons. The van der Waals surface area contributed by atoms with Crippen molar-refractivity contribution in [1.82, 2.24) is 46.2 Å². The number of carboxylic acid groups (broad SMARTS) is 1. The van der Waals surface area contributed by atoms with Crippen LogP contribution in [0.4, 0.5) is 0 Å². The Hall–Kier alpha value is -5.58. The van der Waals surface area contributed by atoms with Crippen molar-refractivity contribution in [2.45, 2.75) is 159 Å². The highest BCUT2D eigenvalue weighted by atomic mass is 16.4. The molecule has 9 atom stereocenters. The number of carboxylic acids is 1. The number of hydrogen-bond acceptors (Lipinski definition) is 12. The van der Waals surface area contributed by atoms with Crippen LogP contribution >= 0.6 is 0 Å². The highest BCUT2D eigenvalue weighted by Gasteiger charge is 2.47. The molecule has 0 spiro atoms. The predicted molar refractivity (Wildman–Crippen MR) is 237 cm³/mol. The van der Waals surface area contributed by atoms with Gasteiger partial charge < -0.3 is 67.9 Å². The number of rotatable bonds is 20. The van der Waals surface area contributed by atoms with Crippen molar-refractivity contribution < 1.29 is 53.4 Å². The van der Waals surface area contributed by atoms with Gasteiger partial charge in [-0.3, -0.25) is 43.3 Å². The van der Waals surface area contributed by atoms with Crippen molar-refractivity contribution in [2.24, 2.45) is 22.4 Å². The Kier molecular flexibility index (Phi) is 18.5. The monoisotopic (exact) mass is 931 g/mol. The molecule has 23 heteroatoms. The summed E-state index contributed by atoms with van der Waals surface area (Å²) in [6.45, 7) is 6.23. The number of aliphatic hydroxyl groups is 1. The number of nitrogens with two attached hydrogens (primary N) is 2. The second-order valence-corrected chi connectivity index (χ2v) is 18.4. The minimum Gasteiger partial charge on any atom is -0.480 e. The maximum Gasteiger partial charge on any atom is 0.326 e. The largest absolute Gasteiger partial charge is 0.480 e. The summed E-state index contributed by atoms with van der Waals surface area (Å²) in [4.78, 5) is 131. The average Bonchev–Trinajstić information content (AvgIpc) is 4.14. The number of carbonyl (C=O) groups is 9. The van der Waals surface area contributed by atoms with Crippen molar-refractivity contribution >= 4 is 59.2 Å². The first kappa shape index (κ1) is 51.4. The summed E-state index contributed by atoms with van der Waals surface area (Å²) >= 11 is 0. The first-order valence-corrected chi connectivity index (χ1v) is 23.5. The molecule has 5 aliphatic heterocycles. The predicted octanol–water partition coefficient (Wildman–Crippen LogP) is -3.16. The lowest BCUT2D eigenvalue weighted by Gasteiger charge is -2.34. The van der Waals surface area contributed by atoms with Gasteiger partial charge in [-0.25, -0.2) is 4.79 Å². The lowest BCUT2D eigenvalue weighted by Crippen LogP contribution is -2.60. The fourth-order valence-electron chi connectivity index (χ4n) is 9.75. The molecule has 0 aromatic carbocycles. The smallest absolute Gasteiger partial charge is 0.326 e. The molecule has 5 rings (SSSR count). The second-order valence-electron chi connectivity index (χ2n) is 18.4. The van der Waals surface area contributed by atoms with Gasteiger partial charge in [-0.1, -0.05) is 13.8 Å². The van der Waals surface area contributed by atoms with E-state index in [-0.39, 0.29) is 57.2 Å². The summed E-state index contributed by atoms with van der Waals surface area (Å²) in [5.41, 5.74) is 11.0. The molecule has 23 nitrogen and oxygen atoms in total. The molecule has 5 fully saturated rings. The van der Waals surface area contributed by atoms with Crippen LogP contribution in [0.15, 0.2) is 4.99 Å². The Labute approximate surface area is 384 Å². The third-order valence-electron chi connectivity index (χ3n) is 13.1. The minimum atomic E-state index is -1.34. The van der Waals surface area contributed by atoms with Crippen molar-refractivity contribution in [3.63, 3.8) is 0 Å². The molecule has 8 amide bonds. The number of carbonyl (C=O) groups excluding carboxylic acids is 8. The molecule has 0 aliphatic carbocycles. The molecule has 5 heterocycles. The summed E-state index contributed by atoms with van der Waals surface area (Å²) in [6.07, 6.45) is 5.23. The van der Waals surface area contributed by atoms with Gasteiger partial charge in [0.15, 0.2) is 5.96 Å². The van der Waals surface area contributed by atoms with Crippen molar-refractivity contribution in [1.29, 1.82) is 0 Å². The molecule has 0 aromatic rings. The lowest BCUT2D eigenvalue weighted by atomic mass is 10.0. The van der Waals surface area contributed by atoms with Crippen LogP contribution in [0.5, 0.6) is 0 Å². The maximum atomic E-state index is 14.4. The van der Waals surface area contributed by atoms with Crippen LogP contribution in [-0.4, -0.2) is 189 Å². The molecular formula is C43H70N12O11. The van der Waals surface area contributed by atoms with Gasteiger partial charge in [0.05, 0.1) is 12.6 Å². The fraction of sp³-hybridized carbons (Fsp3) is 0.767. The van der Waals surface area contributed by atoms with Crippen LogP contribution in [0.25, 0.3) is 0 Å². The van der Waals surface area contributed by atoms with Gasteiger partial charge in [0, 0.05) is 32.7 Å². The van der Waals surface area contributed by atoms with Crippen molar-refractivity contribution in [2.75, 3.05) is 45.9 Å². The van der Waals surface area contributed by atoms with Crippen LogP contribution in [0, 0.1) is 5.92 Å². The van der Waals surface area contributed by atoms with Gasteiger partial charge in [0.25, 0.3) is 0 Å². The van der Waals surface area contributed by atoms with Crippen LogP contribution in [0.1, 0.15) is 104 Å². The van der Waals surface area contributed by atoms with E-state index in [0.717, 1.165) is 6.42 Å². The minimum absolute atomic E-state index is 0.0547. The maximum absolute atomic E-state index is 14.4. The number of nitrogens with one attached hydrogen (secondary N) is 5. The molecule has 5 aliphatic rings. The van der Waals surface area contributed by atoms with Crippen molar-refractivity contribution in [3.05, 3.63) is 0 Å². The number of hydrogen-bond donors (Lipinski definition) is 9. The summed E-state index contributed by atoms with van der Waals surface area (Å²) in [5, 5.41) is 33.4. The number of amides is 8. The van der Waals surface area contributed by atoms with Crippen LogP contribution in [-0.2, 0) is 43.2 Å². The number of likely N-dealkylation sites (tertiary alicyclic amines) is 4. The molecule has 0 bridgehead atoms. The lowest BCUT2D eigenvalue weighted by molar-refractivity contribution is -0.153. The third-order valence-corrected chi connectivity index (χ3v) is 13.1. The number of aliphatic carboxylic acids is 1. The van der Waals surface area contributed by atoms with E-state index in [9.17, 15) is 53.4 Å². The van der Waals surface area contributed by atoms with E-state index in [2.05, 4.69) is 31.6 Å². The standard InChI is InChI=1S/C43H70N12O11/c1-24(2)22-28(50-36(59)29(23-56)51-34(57)26-10-4-16-46-26)35(58)49-27(11-5-17-47-43(44)45)39(62)52-18-6-12-30(52)37(60)48-25(3)38(61)53-19-7-13-31(53)40(63)54-20-8-14-32(54)41(64)55-21-9-15-33(55)42(65)66/h24-33,46,56H,4-23H2,1-3H3,(H,48,60)(H,49,58)(H,50,59)(H,51,57)(H,65,66)(H4,44,45,47)/t25-,26-,27-,28-,29-,30-,31-,32-,33-/m0/s1. The molecule has 5 saturated heterocycles. The van der Waals surface area contributed by atoms with Crippen LogP contribution in [0.3, 0.4) is 0 Å². The van der Waals surface area contributed by atoms with Gasteiger partial charge >= 0.3 is 5.97 Å². The van der Waals surface area contributed by atoms with E-state index in [1.807, 2.05) is 13.8 Å². The SMILES string of the molecule is CC(C)C[C@H](NC(=O)[C@H](CO)NC(=O)[C@@H]1CCCN1)C(=O)N[C@@H](CCCN=C(N)N)C(=O)N1CCC[C@H]1C(=O)N[C@@H](C)C(=O)N1CCC[C@H]1C(=O)N1CCC[C@H]1C(=O)N1CCC[C@H]1C(=O)O. The van der Waals surface area contributed by atoms with Crippen molar-refractivity contribution in [3.8, 4) is 0 Å². The Morgan fingerprint density at radius 1 is 0.636 bits per heavy atom. The number of aliphatic imine (C=N–C) groups is 1. The average molecular weight is 931 g/mol.